The summed E-state index contributed by atoms with van der Waals surface area (Å²) in [6, 6.07) is 29.9. The fourth-order valence-corrected chi connectivity index (χ4v) is 10.2. The molecule has 13 nitrogen and oxygen atoms in total. The van der Waals surface area contributed by atoms with E-state index < -0.39 is 40.2 Å². The number of nitro benzene ring substituents is 1. The van der Waals surface area contributed by atoms with Gasteiger partial charge in [-0.15, -0.1) is 6.58 Å². The molecule has 6 atom stereocenters. The molecule has 8 rings (SSSR count). The van der Waals surface area contributed by atoms with Crippen molar-refractivity contribution in [3.05, 3.63) is 161 Å². The number of allylic oxidation sites excluding steroid dienone is 1. The van der Waals surface area contributed by atoms with Crippen molar-refractivity contribution >= 4 is 28.3 Å². The number of nitro groups is 1. The first-order valence-electron chi connectivity index (χ1n) is 23.7. The lowest BCUT2D eigenvalue weighted by Crippen LogP contribution is -2.70. The second kappa shape index (κ2) is 21.4. The quantitative estimate of drug-likeness (QED) is 0.0353. The number of benzene rings is 5. The van der Waals surface area contributed by atoms with E-state index in [4.69, 9.17) is 28.9 Å². The van der Waals surface area contributed by atoms with Gasteiger partial charge < -0.3 is 34.0 Å². The van der Waals surface area contributed by atoms with Crippen molar-refractivity contribution in [1.82, 2.24) is 4.90 Å². The van der Waals surface area contributed by atoms with Gasteiger partial charge in [0.25, 0.3) is 5.69 Å². The summed E-state index contributed by atoms with van der Waals surface area (Å²) in [5.74, 6) is -1.31. The summed E-state index contributed by atoms with van der Waals surface area (Å²) in [7, 11) is 0. The van der Waals surface area contributed by atoms with Crippen LogP contribution in [0.3, 0.4) is 0 Å². The summed E-state index contributed by atoms with van der Waals surface area (Å²) in [5, 5.41) is 38.6. The zero-order chi connectivity index (χ0) is 48.7. The molecule has 0 saturated heterocycles. The van der Waals surface area contributed by atoms with Crippen molar-refractivity contribution in [3.8, 4) is 23.0 Å². The Morgan fingerprint density at radius 2 is 1.59 bits per heavy atom. The Morgan fingerprint density at radius 3 is 2.29 bits per heavy atom. The third kappa shape index (κ3) is 11.0. The molecule has 5 aromatic carbocycles. The normalized spacial score (nSPS) is 22.1. The average molecular weight is 942 g/mol. The Labute approximate surface area is 401 Å². The van der Waals surface area contributed by atoms with Crippen LogP contribution in [0.25, 0.3) is 10.8 Å². The van der Waals surface area contributed by atoms with E-state index >= 15 is 4.79 Å². The van der Waals surface area contributed by atoms with Crippen molar-refractivity contribution in [3.63, 3.8) is 0 Å². The number of aliphatic hydroxyl groups excluding tert-OH is 2. The molecule has 1 aliphatic heterocycles. The maximum absolute atomic E-state index is 15.1. The van der Waals surface area contributed by atoms with Crippen LogP contribution in [0.2, 0.25) is 0 Å². The molecule has 5 aromatic rings. The zero-order valence-corrected chi connectivity index (χ0v) is 39.3. The second-order valence-corrected chi connectivity index (χ2v) is 19.0. The Kier molecular flexibility index (Phi) is 15.1. The van der Waals surface area contributed by atoms with Crippen LogP contribution in [0.15, 0.2) is 139 Å². The van der Waals surface area contributed by atoms with Gasteiger partial charge in [0.1, 0.15) is 40.5 Å². The molecule has 0 unspecified atom stereocenters. The molecule has 1 saturated carbocycles. The molecule has 14 heteroatoms. The maximum atomic E-state index is 15.1. The highest BCUT2D eigenvalue weighted by atomic mass is 19.1. The molecular formula is C55H60FN3O10. The van der Waals surface area contributed by atoms with Crippen LogP contribution in [-0.4, -0.2) is 69.1 Å². The van der Waals surface area contributed by atoms with Crippen LogP contribution < -0.4 is 14.2 Å². The molecule has 0 spiro atoms. The van der Waals surface area contributed by atoms with E-state index in [0.29, 0.717) is 41.4 Å². The molecule has 1 fully saturated rings. The molecule has 0 radical (unpaired) electrons. The largest absolute Gasteiger partial charge is 0.459 e. The van der Waals surface area contributed by atoms with E-state index in [1.165, 1.54) is 41.3 Å². The summed E-state index contributed by atoms with van der Waals surface area (Å²) in [6.07, 6.45) is 7.33. The summed E-state index contributed by atoms with van der Waals surface area (Å²) in [4.78, 5) is 33.8. The number of fused-ring (bicyclic) bond motifs is 3. The number of hydrogen-bond acceptors (Lipinski definition) is 11. The lowest BCUT2D eigenvalue weighted by molar-refractivity contribution is -0.384. The second-order valence-electron chi connectivity index (χ2n) is 19.0. The third-order valence-corrected chi connectivity index (χ3v) is 13.2. The smallest absolute Gasteiger partial charge is 0.416 e. The molecule has 1 amide bonds. The first kappa shape index (κ1) is 48.8. The summed E-state index contributed by atoms with van der Waals surface area (Å²) < 4.78 is 41.7. The molecule has 2 N–H and O–H groups in total. The summed E-state index contributed by atoms with van der Waals surface area (Å²) >= 11 is 0. The summed E-state index contributed by atoms with van der Waals surface area (Å²) in [6.45, 7) is 9.76. The monoisotopic (exact) mass is 941 g/mol. The Hall–Kier alpha value is -6.61. The van der Waals surface area contributed by atoms with Crippen molar-refractivity contribution in [1.29, 1.82) is 0 Å². The lowest BCUT2D eigenvalue weighted by atomic mass is 9.55. The highest BCUT2D eigenvalue weighted by Gasteiger charge is 2.66. The van der Waals surface area contributed by atoms with E-state index in [0.717, 1.165) is 47.6 Å². The number of oxime groups is 1. The number of carbonyl (C=O) groups is 1. The van der Waals surface area contributed by atoms with E-state index in [2.05, 4.69) is 18.7 Å². The Bertz CT molecular complexity index is 2680. The Morgan fingerprint density at radius 1 is 0.913 bits per heavy atom. The highest BCUT2D eigenvalue weighted by molar-refractivity contribution is 6.03. The number of unbranched alkanes of at least 4 members (excludes halogenated alkanes) is 2. The van der Waals surface area contributed by atoms with E-state index in [1.807, 2.05) is 75.4 Å². The molecule has 69 heavy (non-hydrogen) atoms. The number of aliphatic hydroxyl groups is 2. The molecule has 2 aliphatic carbocycles. The topological polar surface area (TPSA) is 162 Å². The van der Waals surface area contributed by atoms with Crippen LogP contribution in [0.1, 0.15) is 82.8 Å². The van der Waals surface area contributed by atoms with E-state index in [9.17, 15) is 24.7 Å². The average Bonchev–Trinajstić information content (AvgIpc) is 3.33. The molecule has 3 aliphatic rings. The predicted octanol–water partition coefficient (Wildman–Crippen LogP) is 11.8. The number of amides is 1. The zero-order valence-electron chi connectivity index (χ0n) is 39.3. The van der Waals surface area contributed by atoms with E-state index in [-0.39, 0.29) is 62.0 Å². The molecular weight excluding hydrogens is 882 g/mol. The number of ether oxygens (including phenoxy) is 4. The fraction of sp³-hybridized carbons (Fsp3) is 0.382. The first-order chi connectivity index (χ1) is 33.3. The van der Waals surface area contributed by atoms with Gasteiger partial charge in [-0.3, -0.25) is 15.0 Å². The predicted molar refractivity (Wildman–Crippen MR) is 261 cm³/mol. The van der Waals surface area contributed by atoms with Crippen LogP contribution >= 0.6 is 0 Å². The Balaban J connectivity index is 1.34. The molecule has 0 bridgehead atoms. The van der Waals surface area contributed by atoms with Crippen molar-refractivity contribution in [2.75, 3.05) is 19.8 Å². The standard InChI is InChI=1S/C55H60FN3O10/c1-5-30-65-55-50(58(35-36-16-19-40(56)20-17-36)53(62)67-42-24-21-41(22-25-42)59(63)64)34-48(57-69-54(2,3)4)46-32-39(14-8-10-28-60)45(15-9-11-29-61)51(52(46)55)47-33-44(26-27-49(47)68-55)66-43-23-18-37-12-6-7-13-38(37)31-43/h5-7,12-13,16-27,31-33,39,45,50-52,60-61H,1,8-11,14-15,28-30,34-35H2,2-4H3/t39-,45+,50-,51+,52+,55+/m0/s1. The van der Waals surface area contributed by atoms with Gasteiger partial charge in [0.2, 0.25) is 5.79 Å². The van der Waals surface area contributed by atoms with Gasteiger partial charge >= 0.3 is 6.09 Å². The first-order valence-corrected chi connectivity index (χ1v) is 23.7. The minimum atomic E-state index is -1.64. The summed E-state index contributed by atoms with van der Waals surface area (Å²) in [5.41, 5.74) is 2.00. The minimum Gasteiger partial charge on any atom is -0.459 e. The molecule has 362 valence electrons. The van der Waals surface area contributed by atoms with Crippen molar-refractivity contribution < 1.29 is 48.1 Å². The van der Waals surface area contributed by atoms with Gasteiger partial charge in [-0.2, -0.15) is 0 Å². The van der Waals surface area contributed by atoms with Gasteiger partial charge in [-0.25, -0.2) is 9.18 Å². The number of rotatable bonds is 19. The van der Waals surface area contributed by atoms with E-state index in [1.54, 1.807) is 18.2 Å². The van der Waals surface area contributed by atoms with Gasteiger partial charge in [0, 0.05) is 49.8 Å². The highest BCUT2D eigenvalue weighted by Crippen LogP contribution is 2.62. The number of nitrogens with zero attached hydrogens (tertiary/aromatic N) is 3. The molecule has 0 aromatic heterocycles. The van der Waals surface area contributed by atoms with Gasteiger partial charge in [-0.1, -0.05) is 72.6 Å². The lowest BCUT2D eigenvalue weighted by Gasteiger charge is -2.60. The van der Waals surface area contributed by atoms with Gasteiger partial charge in [-0.05, 0) is 135 Å². The number of halogens is 1. The third-order valence-electron chi connectivity index (χ3n) is 13.2. The number of carbonyl (C=O) groups excluding carboxylic acids is 1. The number of hydrogen-bond donors (Lipinski definition) is 2. The maximum Gasteiger partial charge on any atom is 0.416 e. The van der Waals surface area contributed by atoms with Crippen molar-refractivity contribution in [2.24, 2.45) is 22.9 Å². The molecule has 1 heterocycles. The van der Waals surface area contributed by atoms with Crippen LogP contribution in [0.5, 0.6) is 23.0 Å². The minimum absolute atomic E-state index is 0.0154. The van der Waals surface area contributed by atoms with Gasteiger partial charge in [0.05, 0.1) is 23.2 Å². The van der Waals surface area contributed by atoms with Crippen LogP contribution in [0.4, 0.5) is 14.9 Å². The van der Waals surface area contributed by atoms with Crippen molar-refractivity contribution in [2.45, 2.75) is 95.6 Å². The van der Waals surface area contributed by atoms with Gasteiger partial charge in [0.15, 0.2) is 0 Å². The SMILES string of the molecule is C=CCO[C@@]12Oc3ccc(Oc4ccc5ccccc5c4)cc3[C@H]3[C@H](CCCCO)[C@@H](CCCCO)C=C(C(=NOC(C)(C)C)C[C@@H]1N(Cc1ccc(F)cc1)C(=O)Oc1ccc([N+](=O)[O-])cc1)[C@H]32. The van der Waals surface area contributed by atoms with Crippen LogP contribution in [0, 0.1) is 33.7 Å². The fourth-order valence-electron chi connectivity index (χ4n) is 10.2. The van der Waals surface area contributed by atoms with Crippen LogP contribution in [-0.2, 0) is 16.1 Å². The number of non-ortho nitro benzene ring substituents is 1.